The lowest BCUT2D eigenvalue weighted by molar-refractivity contribution is 0.128. The van der Waals surface area contributed by atoms with E-state index in [-0.39, 0.29) is 6.10 Å². The van der Waals surface area contributed by atoms with Gasteiger partial charge in [-0.15, -0.1) is 11.3 Å². The van der Waals surface area contributed by atoms with Gasteiger partial charge in [-0.3, -0.25) is 0 Å². The largest absolute Gasteiger partial charge is 0.496 e. The van der Waals surface area contributed by atoms with Gasteiger partial charge in [-0.1, -0.05) is 6.42 Å². The summed E-state index contributed by atoms with van der Waals surface area (Å²) in [5, 5.41) is 12.2. The van der Waals surface area contributed by atoms with Crippen molar-refractivity contribution in [2.45, 2.75) is 38.2 Å². The molecule has 2 aliphatic carbocycles. The second-order valence-corrected chi connectivity index (χ2v) is 6.52. The molecule has 2 nitrogen and oxygen atoms in total. The maximum absolute atomic E-state index is 10.3. The van der Waals surface area contributed by atoms with Gasteiger partial charge in [-0.2, -0.15) is 0 Å². The van der Waals surface area contributed by atoms with Gasteiger partial charge in [-0.05, 0) is 49.5 Å². The van der Waals surface area contributed by atoms with E-state index < -0.39 is 0 Å². The highest BCUT2D eigenvalue weighted by Crippen LogP contribution is 2.51. The Hall–Kier alpha value is -0.540. The molecule has 2 bridgehead atoms. The molecule has 0 radical (unpaired) electrons. The van der Waals surface area contributed by atoms with Crippen LogP contribution in [0.2, 0.25) is 0 Å². The summed E-state index contributed by atoms with van der Waals surface area (Å²) in [7, 11) is 1.67. The van der Waals surface area contributed by atoms with Crippen molar-refractivity contribution in [3.8, 4) is 5.75 Å². The van der Waals surface area contributed by atoms with Crippen LogP contribution in [0.4, 0.5) is 0 Å². The van der Waals surface area contributed by atoms with Crippen molar-refractivity contribution in [1.82, 2.24) is 0 Å². The molecule has 3 heteroatoms. The van der Waals surface area contributed by atoms with E-state index in [1.165, 1.54) is 25.7 Å². The van der Waals surface area contributed by atoms with Crippen molar-refractivity contribution in [2.75, 3.05) is 7.11 Å². The van der Waals surface area contributed by atoms with Crippen LogP contribution in [0.1, 0.15) is 43.1 Å². The maximum atomic E-state index is 10.3. The Balaban J connectivity index is 1.61. The van der Waals surface area contributed by atoms with Gasteiger partial charge in [-0.25, -0.2) is 0 Å². The van der Waals surface area contributed by atoms with E-state index in [1.807, 2.05) is 11.4 Å². The monoisotopic (exact) mass is 252 g/mol. The summed E-state index contributed by atoms with van der Waals surface area (Å²) in [5.41, 5.74) is 0. The van der Waals surface area contributed by atoms with Gasteiger partial charge >= 0.3 is 0 Å². The molecule has 2 aliphatic rings. The number of methoxy groups -OCH3 is 1. The van der Waals surface area contributed by atoms with Gasteiger partial charge in [0.25, 0.3) is 0 Å². The zero-order valence-electron chi connectivity index (χ0n) is 10.3. The highest BCUT2D eigenvalue weighted by molar-refractivity contribution is 7.10. The molecule has 0 spiro atoms. The predicted molar refractivity (Wildman–Crippen MR) is 69.4 cm³/mol. The smallest absolute Gasteiger partial charge is 0.129 e. The van der Waals surface area contributed by atoms with E-state index >= 15 is 0 Å². The molecular weight excluding hydrogens is 232 g/mol. The number of rotatable bonds is 4. The molecule has 1 aromatic heterocycles. The zero-order valence-corrected chi connectivity index (χ0v) is 11.1. The molecule has 17 heavy (non-hydrogen) atoms. The first-order chi connectivity index (χ1) is 8.26. The molecule has 0 amide bonds. The second-order valence-electron chi connectivity index (χ2n) is 5.58. The first-order valence-electron chi connectivity index (χ1n) is 6.56. The molecule has 0 saturated heterocycles. The third kappa shape index (κ3) is 2.23. The van der Waals surface area contributed by atoms with Crippen LogP contribution in [0.3, 0.4) is 0 Å². The lowest BCUT2D eigenvalue weighted by Crippen LogP contribution is -2.13. The van der Waals surface area contributed by atoms with Crippen molar-refractivity contribution < 1.29 is 9.84 Å². The predicted octanol–water partition coefficient (Wildman–Crippen LogP) is 3.62. The molecule has 0 aromatic carbocycles. The van der Waals surface area contributed by atoms with Crippen molar-refractivity contribution >= 4 is 11.3 Å². The Bertz CT molecular complexity index is 387. The van der Waals surface area contributed by atoms with Gasteiger partial charge in [0.1, 0.15) is 5.75 Å². The van der Waals surface area contributed by atoms with E-state index in [1.54, 1.807) is 18.4 Å². The maximum Gasteiger partial charge on any atom is 0.129 e. The number of ether oxygens (including phenoxy) is 1. The molecule has 1 aromatic rings. The summed E-state index contributed by atoms with van der Waals surface area (Å²) >= 11 is 1.61. The number of fused-ring (bicyclic) bond motifs is 2. The first-order valence-corrected chi connectivity index (χ1v) is 7.44. The minimum atomic E-state index is -0.284. The fourth-order valence-corrected chi connectivity index (χ4v) is 4.54. The molecule has 2 fully saturated rings. The standard InChI is InChI=1S/C14H20O2S/c1-16-12-7-14(17-8-12)13(15)6-11-5-9-2-3-10(11)4-9/h7-11,13,15H,2-6H2,1H3. The van der Waals surface area contributed by atoms with E-state index in [0.29, 0.717) is 0 Å². The molecular formula is C14H20O2S. The highest BCUT2D eigenvalue weighted by Gasteiger charge is 2.40. The molecule has 4 atom stereocenters. The van der Waals surface area contributed by atoms with Crippen LogP contribution < -0.4 is 4.74 Å². The van der Waals surface area contributed by atoms with Crippen molar-refractivity contribution in [1.29, 1.82) is 0 Å². The average Bonchev–Trinajstić information content (AvgIpc) is 3.04. The third-order valence-electron chi connectivity index (χ3n) is 4.57. The Morgan fingerprint density at radius 1 is 1.47 bits per heavy atom. The van der Waals surface area contributed by atoms with Crippen molar-refractivity contribution in [3.05, 3.63) is 16.3 Å². The van der Waals surface area contributed by atoms with Crippen LogP contribution in [0, 0.1) is 17.8 Å². The number of hydrogen-bond acceptors (Lipinski definition) is 3. The van der Waals surface area contributed by atoms with Gasteiger partial charge in [0, 0.05) is 10.3 Å². The lowest BCUT2D eigenvalue weighted by atomic mass is 9.84. The number of hydrogen-bond donors (Lipinski definition) is 1. The third-order valence-corrected chi connectivity index (χ3v) is 5.58. The lowest BCUT2D eigenvalue weighted by Gasteiger charge is -2.23. The Kier molecular flexibility index (Phi) is 3.14. The summed E-state index contributed by atoms with van der Waals surface area (Å²) < 4.78 is 5.16. The fraction of sp³-hybridized carbons (Fsp3) is 0.714. The van der Waals surface area contributed by atoms with Crippen LogP contribution in [0.15, 0.2) is 11.4 Å². The van der Waals surface area contributed by atoms with Gasteiger partial charge in [0.05, 0.1) is 13.2 Å². The van der Waals surface area contributed by atoms with Crippen LogP contribution in [0.25, 0.3) is 0 Å². The fourth-order valence-electron chi connectivity index (χ4n) is 3.68. The van der Waals surface area contributed by atoms with Crippen LogP contribution in [0.5, 0.6) is 5.75 Å². The van der Waals surface area contributed by atoms with E-state index in [9.17, 15) is 5.11 Å². The van der Waals surface area contributed by atoms with Gasteiger partial charge in [0.2, 0.25) is 0 Å². The summed E-state index contributed by atoms with van der Waals surface area (Å²) in [6.45, 7) is 0. The van der Waals surface area contributed by atoms with Crippen molar-refractivity contribution in [2.24, 2.45) is 17.8 Å². The Labute approximate surface area is 107 Å². The summed E-state index contributed by atoms with van der Waals surface area (Å²) in [4.78, 5) is 1.06. The summed E-state index contributed by atoms with van der Waals surface area (Å²) in [6, 6.07) is 1.97. The number of aliphatic hydroxyl groups is 1. The van der Waals surface area contributed by atoms with Crippen LogP contribution in [-0.4, -0.2) is 12.2 Å². The Morgan fingerprint density at radius 3 is 2.94 bits per heavy atom. The Morgan fingerprint density at radius 2 is 2.35 bits per heavy atom. The average molecular weight is 252 g/mol. The second kappa shape index (κ2) is 4.62. The van der Waals surface area contributed by atoms with Crippen LogP contribution in [-0.2, 0) is 0 Å². The number of aliphatic hydroxyl groups excluding tert-OH is 1. The SMILES string of the molecule is COc1csc(C(O)CC2CC3CCC2C3)c1. The first kappa shape index (κ1) is 11.5. The zero-order chi connectivity index (χ0) is 11.8. The van der Waals surface area contributed by atoms with Crippen LogP contribution >= 0.6 is 11.3 Å². The summed E-state index contributed by atoms with van der Waals surface area (Å²) in [6.07, 6.45) is 6.27. The molecule has 4 unspecified atom stereocenters. The highest BCUT2D eigenvalue weighted by atomic mass is 32.1. The topological polar surface area (TPSA) is 29.5 Å². The van der Waals surface area contributed by atoms with Gasteiger partial charge in [0.15, 0.2) is 0 Å². The molecule has 0 aliphatic heterocycles. The minimum Gasteiger partial charge on any atom is -0.496 e. The van der Waals surface area contributed by atoms with Crippen molar-refractivity contribution in [3.63, 3.8) is 0 Å². The minimum absolute atomic E-state index is 0.284. The normalized spacial score (nSPS) is 32.9. The number of thiophene rings is 1. The molecule has 94 valence electrons. The molecule has 2 saturated carbocycles. The summed E-state index contributed by atoms with van der Waals surface area (Å²) in [5.74, 6) is 3.50. The van der Waals surface area contributed by atoms with E-state index in [0.717, 1.165) is 34.8 Å². The van der Waals surface area contributed by atoms with E-state index in [2.05, 4.69) is 0 Å². The molecule has 1 heterocycles. The van der Waals surface area contributed by atoms with E-state index in [4.69, 9.17) is 4.74 Å². The molecule has 3 rings (SSSR count). The van der Waals surface area contributed by atoms with Gasteiger partial charge < -0.3 is 9.84 Å². The molecule has 1 N–H and O–H groups in total. The quantitative estimate of drug-likeness (QED) is 0.887.